The largest absolute Gasteiger partial charge is 0.299 e. The molecule has 1 fully saturated rings. The normalized spacial score (nSPS) is 19.2. The Balaban J connectivity index is 1.52. The van der Waals surface area contributed by atoms with E-state index < -0.39 is 9.84 Å². The quantitative estimate of drug-likeness (QED) is 0.779. The molecule has 6 heteroatoms. The van der Waals surface area contributed by atoms with Crippen molar-refractivity contribution in [2.75, 3.05) is 18.8 Å². The van der Waals surface area contributed by atoms with Gasteiger partial charge in [0.2, 0.25) is 0 Å². The van der Waals surface area contributed by atoms with Crippen LogP contribution in [-0.2, 0) is 16.4 Å². The lowest BCUT2D eigenvalue weighted by atomic mass is 10.2. The standard InChI is InChI=1S/C17H23N3O2S/c21-23(22,17-8-2-1-3-9-17)14-6-12-19-11-4-7-16(19)15-20-13-5-10-18-20/h1-3,5,8-10,13,16H,4,6-7,11-12,14-15H2. The molecule has 0 aliphatic carbocycles. The fraction of sp³-hybridized carbons (Fsp3) is 0.471. The maximum Gasteiger partial charge on any atom is 0.178 e. The first-order valence-electron chi connectivity index (χ1n) is 8.14. The Morgan fingerprint density at radius 2 is 2.00 bits per heavy atom. The monoisotopic (exact) mass is 333 g/mol. The van der Waals surface area contributed by atoms with E-state index in [1.165, 1.54) is 6.42 Å². The molecule has 0 spiro atoms. The van der Waals surface area contributed by atoms with Crippen molar-refractivity contribution in [1.82, 2.24) is 14.7 Å². The predicted octanol–water partition coefficient (Wildman–Crippen LogP) is 2.21. The molecule has 1 unspecified atom stereocenters. The summed E-state index contributed by atoms with van der Waals surface area (Å²) in [5.41, 5.74) is 0. The highest BCUT2D eigenvalue weighted by Gasteiger charge is 2.25. The minimum Gasteiger partial charge on any atom is -0.299 e. The Morgan fingerprint density at radius 1 is 1.17 bits per heavy atom. The molecule has 23 heavy (non-hydrogen) atoms. The zero-order valence-corrected chi connectivity index (χ0v) is 14.0. The molecule has 1 aromatic carbocycles. The fourth-order valence-electron chi connectivity index (χ4n) is 3.22. The van der Waals surface area contributed by atoms with E-state index in [2.05, 4.69) is 10.00 Å². The predicted molar refractivity (Wildman–Crippen MR) is 89.9 cm³/mol. The van der Waals surface area contributed by atoms with E-state index in [0.717, 1.165) is 26.1 Å². The molecule has 1 aliphatic heterocycles. The average Bonchev–Trinajstić information content (AvgIpc) is 3.21. The number of hydrogen-bond acceptors (Lipinski definition) is 4. The highest BCUT2D eigenvalue weighted by molar-refractivity contribution is 7.91. The van der Waals surface area contributed by atoms with Crippen molar-refractivity contribution in [2.24, 2.45) is 0 Å². The minimum absolute atomic E-state index is 0.210. The van der Waals surface area contributed by atoms with Gasteiger partial charge < -0.3 is 0 Å². The van der Waals surface area contributed by atoms with Gasteiger partial charge in [0.1, 0.15) is 0 Å². The van der Waals surface area contributed by atoms with Gasteiger partial charge in [0, 0.05) is 18.4 Å². The molecule has 0 bridgehead atoms. The van der Waals surface area contributed by atoms with E-state index in [-0.39, 0.29) is 5.75 Å². The summed E-state index contributed by atoms with van der Waals surface area (Å²) >= 11 is 0. The number of aromatic nitrogens is 2. The molecular formula is C17H23N3O2S. The lowest BCUT2D eigenvalue weighted by Crippen LogP contribution is -2.34. The van der Waals surface area contributed by atoms with Crippen LogP contribution in [0.25, 0.3) is 0 Å². The molecule has 1 aliphatic rings. The third-order valence-electron chi connectivity index (χ3n) is 4.42. The Kier molecular flexibility index (Phi) is 5.13. The fourth-order valence-corrected chi connectivity index (χ4v) is 4.54. The van der Waals surface area contributed by atoms with Gasteiger partial charge in [-0.15, -0.1) is 0 Å². The van der Waals surface area contributed by atoms with Gasteiger partial charge in [-0.3, -0.25) is 9.58 Å². The highest BCUT2D eigenvalue weighted by atomic mass is 32.2. The molecule has 5 nitrogen and oxygen atoms in total. The van der Waals surface area contributed by atoms with E-state index in [9.17, 15) is 8.42 Å². The van der Waals surface area contributed by atoms with Crippen molar-refractivity contribution >= 4 is 9.84 Å². The lowest BCUT2D eigenvalue weighted by molar-refractivity contribution is 0.228. The van der Waals surface area contributed by atoms with Crippen molar-refractivity contribution in [3.8, 4) is 0 Å². The minimum atomic E-state index is -3.16. The van der Waals surface area contributed by atoms with E-state index in [4.69, 9.17) is 0 Å². The number of nitrogens with zero attached hydrogens (tertiary/aromatic N) is 3. The van der Waals surface area contributed by atoms with Gasteiger partial charge in [-0.05, 0) is 50.6 Å². The average molecular weight is 333 g/mol. The van der Waals surface area contributed by atoms with Crippen LogP contribution in [0.1, 0.15) is 19.3 Å². The summed E-state index contributed by atoms with van der Waals surface area (Å²) in [6, 6.07) is 11.1. The first-order valence-corrected chi connectivity index (χ1v) is 9.80. The van der Waals surface area contributed by atoms with Crippen molar-refractivity contribution in [1.29, 1.82) is 0 Å². The molecule has 0 radical (unpaired) electrons. The lowest BCUT2D eigenvalue weighted by Gasteiger charge is -2.24. The van der Waals surface area contributed by atoms with Gasteiger partial charge in [-0.2, -0.15) is 5.10 Å². The number of sulfone groups is 1. The molecular weight excluding hydrogens is 310 g/mol. The summed E-state index contributed by atoms with van der Waals surface area (Å²) in [5, 5.41) is 4.27. The summed E-state index contributed by atoms with van der Waals surface area (Å²) in [4.78, 5) is 2.83. The molecule has 1 saturated heterocycles. The van der Waals surface area contributed by atoms with Crippen LogP contribution in [0.2, 0.25) is 0 Å². The molecule has 2 aromatic rings. The molecule has 0 saturated carbocycles. The zero-order chi connectivity index (χ0) is 16.1. The van der Waals surface area contributed by atoms with Crippen LogP contribution in [0.5, 0.6) is 0 Å². The second-order valence-electron chi connectivity index (χ2n) is 6.05. The second kappa shape index (κ2) is 7.27. The van der Waals surface area contributed by atoms with E-state index >= 15 is 0 Å². The van der Waals surface area contributed by atoms with Crippen LogP contribution in [0.15, 0.2) is 53.7 Å². The van der Waals surface area contributed by atoms with Crippen LogP contribution in [0.4, 0.5) is 0 Å². The number of rotatable bonds is 7. The molecule has 0 N–H and O–H groups in total. The maximum atomic E-state index is 12.3. The summed E-state index contributed by atoms with van der Waals surface area (Å²) in [6.45, 7) is 2.77. The first kappa shape index (κ1) is 16.2. The second-order valence-corrected chi connectivity index (χ2v) is 8.15. The van der Waals surface area contributed by atoms with Crippen molar-refractivity contribution in [2.45, 2.75) is 36.7 Å². The Labute approximate surface area is 137 Å². The summed E-state index contributed by atoms with van der Waals surface area (Å²) in [5.74, 6) is 0.210. The van der Waals surface area contributed by atoms with Gasteiger partial charge in [0.05, 0.1) is 17.2 Å². The zero-order valence-electron chi connectivity index (χ0n) is 13.2. The van der Waals surface area contributed by atoms with Gasteiger partial charge in [0.25, 0.3) is 0 Å². The van der Waals surface area contributed by atoms with Gasteiger partial charge in [-0.1, -0.05) is 18.2 Å². The summed E-state index contributed by atoms with van der Waals surface area (Å²) in [7, 11) is -3.16. The van der Waals surface area contributed by atoms with Crippen LogP contribution in [0, 0.1) is 0 Å². The van der Waals surface area contributed by atoms with E-state index in [0.29, 0.717) is 17.4 Å². The van der Waals surface area contributed by atoms with Gasteiger partial charge in [-0.25, -0.2) is 8.42 Å². The van der Waals surface area contributed by atoms with Gasteiger partial charge >= 0.3 is 0 Å². The van der Waals surface area contributed by atoms with E-state index in [1.54, 1.807) is 30.5 Å². The highest BCUT2D eigenvalue weighted by Crippen LogP contribution is 2.19. The van der Waals surface area contributed by atoms with Crippen LogP contribution in [0.3, 0.4) is 0 Å². The topological polar surface area (TPSA) is 55.2 Å². The first-order chi connectivity index (χ1) is 11.1. The molecule has 3 rings (SSSR count). The van der Waals surface area contributed by atoms with Crippen LogP contribution >= 0.6 is 0 Å². The van der Waals surface area contributed by atoms with Crippen LogP contribution in [-0.4, -0.2) is 48.0 Å². The Morgan fingerprint density at radius 3 is 2.74 bits per heavy atom. The van der Waals surface area contributed by atoms with Crippen molar-refractivity contribution in [3.63, 3.8) is 0 Å². The number of hydrogen-bond donors (Lipinski definition) is 0. The third-order valence-corrected chi connectivity index (χ3v) is 6.23. The summed E-state index contributed by atoms with van der Waals surface area (Å²) in [6.07, 6.45) is 6.79. The van der Waals surface area contributed by atoms with E-state index in [1.807, 2.05) is 23.0 Å². The SMILES string of the molecule is O=S(=O)(CCCN1CCCC1Cn1cccn1)c1ccccc1. The van der Waals surface area contributed by atoms with Crippen molar-refractivity contribution in [3.05, 3.63) is 48.8 Å². The number of likely N-dealkylation sites (tertiary alicyclic amines) is 1. The molecule has 124 valence electrons. The van der Waals surface area contributed by atoms with Crippen molar-refractivity contribution < 1.29 is 8.42 Å². The molecule has 2 heterocycles. The third kappa shape index (κ3) is 4.20. The molecule has 1 aromatic heterocycles. The molecule has 1 atom stereocenters. The smallest absolute Gasteiger partial charge is 0.178 e. The number of benzene rings is 1. The molecule has 0 amide bonds. The maximum absolute atomic E-state index is 12.3. The van der Waals surface area contributed by atoms with Gasteiger partial charge in [0.15, 0.2) is 9.84 Å². The summed E-state index contributed by atoms with van der Waals surface area (Å²) < 4.78 is 26.6. The Bertz CT molecular complexity index is 699. The Hall–Kier alpha value is -1.66. The van der Waals surface area contributed by atoms with Crippen LogP contribution < -0.4 is 0 Å².